The molecule has 204 valence electrons. The number of hydrogen-bond donors (Lipinski definition) is 2. The number of aromatic nitrogens is 2. The van der Waals surface area contributed by atoms with Gasteiger partial charge in [0.15, 0.2) is 0 Å². The highest BCUT2D eigenvalue weighted by atomic mass is 19.4. The molecule has 1 fully saturated rings. The van der Waals surface area contributed by atoms with E-state index in [9.17, 15) is 22.8 Å². The summed E-state index contributed by atoms with van der Waals surface area (Å²) in [5.74, 6) is 0.234. The van der Waals surface area contributed by atoms with Gasteiger partial charge in [0.05, 0.1) is 0 Å². The van der Waals surface area contributed by atoms with Crippen LogP contribution in [0.4, 0.5) is 13.2 Å². The summed E-state index contributed by atoms with van der Waals surface area (Å²) >= 11 is 0. The average Bonchev–Trinajstić information content (AvgIpc) is 3.63. The summed E-state index contributed by atoms with van der Waals surface area (Å²) in [7, 11) is 0. The Bertz CT molecular complexity index is 1070. The summed E-state index contributed by atoms with van der Waals surface area (Å²) in [5, 5.41) is 5.45. The van der Waals surface area contributed by atoms with Gasteiger partial charge in [-0.1, -0.05) is 27.7 Å². The van der Waals surface area contributed by atoms with Crippen LogP contribution < -0.4 is 10.6 Å². The zero-order valence-electron chi connectivity index (χ0n) is 23.0. The Morgan fingerprint density at radius 2 is 1.19 bits per heavy atom. The van der Waals surface area contributed by atoms with Gasteiger partial charge in [0.2, 0.25) is 0 Å². The third-order valence-corrected chi connectivity index (χ3v) is 5.64. The lowest BCUT2D eigenvalue weighted by molar-refractivity contribution is -0.141. The molecule has 37 heavy (non-hydrogen) atoms. The van der Waals surface area contributed by atoms with Crippen molar-refractivity contribution in [2.24, 2.45) is 0 Å². The summed E-state index contributed by atoms with van der Waals surface area (Å²) in [6.45, 7) is 15.2. The van der Waals surface area contributed by atoms with E-state index < -0.39 is 17.8 Å². The highest BCUT2D eigenvalue weighted by molar-refractivity contribution is 5.93. The molecule has 0 radical (unpaired) electrons. The normalized spacial score (nSPS) is 13.6. The second-order valence-corrected chi connectivity index (χ2v) is 10.7. The SMILES string of the molecule is CC(C)NC(=O)c1cc(C(C)C)cc(C(F)(F)F)n1.CC(C)NC(=O)c1cc(C(C)C)cc(C2CC2)n1. The summed E-state index contributed by atoms with van der Waals surface area (Å²) in [6.07, 6.45) is -2.14. The fraction of sp³-hybridized carbons (Fsp3) is 0.571. The van der Waals surface area contributed by atoms with Gasteiger partial charge in [-0.2, -0.15) is 13.2 Å². The Hall–Kier alpha value is -2.97. The van der Waals surface area contributed by atoms with Crippen molar-refractivity contribution in [3.8, 4) is 0 Å². The van der Waals surface area contributed by atoms with Gasteiger partial charge >= 0.3 is 6.18 Å². The van der Waals surface area contributed by atoms with E-state index in [2.05, 4.69) is 40.5 Å². The molecule has 0 aromatic carbocycles. The van der Waals surface area contributed by atoms with Crippen LogP contribution in [0.15, 0.2) is 24.3 Å². The zero-order chi connectivity index (χ0) is 28.1. The van der Waals surface area contributed by atoms with Gasteiger partial charge in [-0.15, -0.1) is 0 Å². The number of carbonyl (C=O) groups is 2. The maximum absolute atomic E-state index is 12.7. The maximum Gasteiger partial charge on any atom is 0.433 e. The molecular formula is C28H39F3N4O2. The van der Waals surface area contributed by atoms with Crippen LogP contribution in [0.1, 0.15) is 129 Å². The Balaban J connectivity index is 0.000000260. The summed E-state index contributed by atoms with van der Waals surface area (Å²) in [6, 6.07) is 6.45. The molecule has 1 saturated carbocycles. The van der Waals surface area contributed by atoms with Gasteiger partial charge in [0.1, 0.15) is 17.1 Å². The average molecular weight is 521 g/mol. The van der Waals surface area contributed by atoms with Crippen LogP contribution in [0.25, 0.3) is 0 Å². The summed E-state index contributed by atoms with van der Waals surface area (Å²) in [4.78, 5) is 31.7. The monoisotopic (exact) mass is 520 g/mol. The van der Waals surface area contributed by atoms with Gasteiger partial charge in [0, 0.05) is 23.7 Å². The quantitative estimate of drug-likeness (QED) is 0.432. The fourth-order valence-electron chi connectivity index (χ4n) is 3.43. The van der Waals surface area contributed by atoms with Crippen molar-refractivity contribution >= 4 is 11.8 Å². The number of pyridine rings is 2. The molecule has 0 atom stereocenters. The first kappa shape index (κ1) is 30.3. The van der Waals surface area contributed by atoms with E-state index in [4.69, 9.17) is 0 Å². The predicted molar refractivity (Wildman–Crippen MR) is 139 cm³/mol. The third kappa shape index (κ3) is 9.44. The van der Waals surface area contributed by atoms with Gasteiger partial charge in [0.25, 0.3) is 11.8 Å². The number of rotatable bonds is 7. The number of alkyl halides is 3. The molecule has 1 aliphatic rings. The van der Waals surface area contributed by atoms with Crippen molar-refractivity contribution in [1.29, 1.82) is 0 Å². The van der Waals surface area contributed by atoms with Crippen molar-refractivity contribution in [1.82, 2.24) is 20.6 Å². The molecule has 2 aromatic rings. The summed E-state index contributed by atoms with van der Waals surface area (Å²) < 4.78 is 38.2. The number of carbonyl (C=O) groups excluding carboxylic acids is 2. The predicted octanol–water partition coefficient (Wildman–Crippen LogP) is 6.58. The van der Waals surface area contributed by atoms with Gasteiger partial charge < -0.3 is 10.6 Å². The molecule has 0 spiro atoms. The lowest BCUT2D eigenvalue weighted by Crippen LogP contribution is -2.31. The highest BCUT2D eigenvalue weighted by Crippen LogP contribution is 2.40. The smallest absolute Gasteiger partial charge is 0.349 e. The number of hydrogen-bond acceptors (Lipinski definition) is 4. The molecule has 9 heteroatoms. The Labute approximate surface area is 217 Å². The number of amides is 2. The molecule has 0 bridgehead atoms. The molecule has 2 aromatic heterocycles. The first-order chi connectivity index (χ1) is 17.1. The molecule has 2 N–H and O–H groups in total. The number of nitrogens with zero attached hydrogens (tertiary/aromatic N) is 2. The molecule has 6 nitrogen and oxygen atoms in total. The molecule has 2 amide bonds. The van der Waals surface area contributed by atoms with Crippen molar-refractivity contribution < 1.29 is 22.8 Å². The lowest BCUT2D eigenvalue weighted by atomic mass is 10.0. The topological polar surface area (TPSA) is 84.0 Å². The molecule has 0 saturated heterocycles. The highest BCUT2D eigenvalue weighted by Gasteiger charge is 2.34. The Morgan fingerprint density at radius 1 is 0.757 bits per heavy atom. The van der Waals surface area contributed by atoms with Gasteiger partial charge in [-0.25, -0.2) is 9.97 Å². The molecular weight excluding hydrogens is 481 g/mol. The summed E-state index contributed by atoms with van der Waals surface area (Å²) in [5.41, 5.74) is 2.07. The van der Waals surface area contributed by atoms with Crippen LogP contribution in [-0.2, 0) is 6.18 Å². The van der Waals surface area contributed by atoms with Crippen molar-refractivity contribution in [3.63, 3.8) is 0 Å². The molecule has 3 rings (SSSR count). The van der Waals surface area contributed by atoms with Crippen LogP contribution in [0.3, 0.4) is 0 Å². The van der Waals surface area contributed by atoms with Crippen LogP contribution in [-0.4, -0.2) is 33.9 Å². The standard InChI is InChI=1S/C15H22N2O.C13H17F3N2O/c1-9(2)12-7-13(11-5-6-11)17-14(8-12)15(18)16-10(3)4;1-7(2)9-5-10(12(19)17-8(3)4)18-11(6-9)13(14,15)16/h7-11H,5-6H2,1-4H3,(H,16,18);5-8H,1-4H3,(H,17,19). The molecule has 1 aliphatic carbocycles. The minimum absolute atomic E-state index is 0.0607. The molecule has 0 unspecified atom stereocenters. The van der Waals surface area contributed by atoms with Crippen LogP contribution >= 0.6 is 0 Å². The van der Waals surface area contributed by atoms with Crippen LogP contribution in [0.5, 0.6) is 0 Å². The molecule has 0 aliphatic heterocycles. The van der Waals surface area contributed by atoms with E-state index in [1.807, 2.05) is 19.9 Å². The van der Waals surface area contributed by atoms with Gasteiger partial charge in [-0.05, 0) is 87.8 Å². The van der Waals surface area contributed by atoms with E-state index in [1.54, 1.807) is 27.7 Å². The van der Waals surface area contributed by atoms with E-state index >= 15 is 0 Å². The number of nitrogens with one attached hydrogen (secondary N) is 2. The third-order valence-electron chi connectivity index (χ3n) is 5.64. The van der Waals surface area contributed by atoms with Crippen molar-refractivity contribution in [2.45, 2.75) is 104 Å². The second-order valence-electron chi connectivity index (χ2n) is 10.7. The van der Waals surface area contributed by atoms with Crippen molar-refractivity contribution in [3.05, 3.63) is 58.2 Å². The first-order valence-electron chi connectivity index (χ1n) is 12.8. The van der Waals surface area contributed by atoms with Crippen molar-refractivity contribution in [2.75, 3.05) is 0 Å². The number of halogens is 3. The van der Waals surface area contributed by atoms with E-state index in [0.29, 0.717) is 23.1 Å². The largest absolute Gasteiger partial charge is 0.433 e. The minimum Gasteiger partial charge on any atom is -0.349 e. The Kier molecular flexibility index (Phi) is 10.2. The first-order valence-corrected chi connectivity index (χ1v) is 12.8. The minimum atomic E-state index is -4.56. The van der Waals surface area contributed by atoms with Crippen LogP contribution in [0, 0.1) is 0 Å². The van der Waals surface area contributed by atoms with E-state index in [0.717, 1.165) is 11.8 Å². The maximum atomic E-state index is 12.7. The fourth-order valence-corrected chi connectivity index (χ4v) is 3.43. The Morgan fingerprint density at radius 3 is 1.57 bits per heavy atom. The molecule has 2 heterocycles. The lowest BCUT2D eigenvalue weighted by Gasteiger charge is -2.14. The van der Waals surface area contributed by atoms with E-state index in [-0.39, 0.29) is 29.6 Å². The van der Waals surface area contributed by atoms with E-state index in [1.165, 1.54) is 24.5 Å². The van der Waals surface area contributed by atoms with Crippen LogP contribution in [0.2, 0.25) is 0 Å². The zero-order valence-corrected chi connectivity index (χ0v) is 23.0. The van der Waals surface area contributed by atoms with Gasteiger partial charge in [-0.3, -0.25) is 9.59 Å². The second kappa shape index (κ2) is 12.5.